The number of alkyl halides is 3. The van der Waals surface area contributed by atoms with E-state index in [1.165, 1.54) is 0 Å². The number of aromatic nitrogens is 4. The highest BCUT2D eigenvalue weighted by Crippen LogP contribution is 2.24. The van der Waals surface area contributed by atoms with Crippen molar-refractivity contribution in [2.75, 3.05) is 18.2 Å². The van der Waals surface area contributed by atoms with Gasteiger partial charge in [-0.15, -0.1) is 0 Å². The first-order valence-corrected chi connectivity index (χ1v) is 9.17. The van der Waals surface area contributed by atoms with Gasteiger partial charge in [-0.2, -0.15) is 13.2 Å². The van der Waals surface area contributed by atoms with Crippen molar-refractivity contribution >= 4 is 45.4 Å². The third-order valence-electron chi connectivity index (χ3n) is 4.33. The van der Waals surface area contributed by atoms with Gasteiger partial charge in [0.05, 0.1) is 29.4 Å². The molecule has 4 rings (SSSR count). The molecule has 4 aromatic rings. The van der Waals surface area contributed by atoms with Crippen LogP contribution in [0.4, 0.5) is 30.8 Å². The number of H-pyrrole nitrogens is 1. The molecule has 33 heavy (non-hydrogen) atoms. The minimum absolute atomic E-state index is 0.229. The number of anilines is 3. The molecular weight excluding hydrogens is 445 g/mol. The summed E-state index contributed by atoms with van der Waals surface area (Å²) in [5.74, 6) is -1.46. The molecule has 0 aliphatic carbocycles. The number of aliphatic carboxylic acids is 1. The number of carbonyl (C=O) groups is 1. The number of hydrogen-bond acceptors (Lipinski definition) is 8. The monoisotopic (exact) mass is 462 g/mol. The first-order chi connectivity index (χ1) is 15.5. The van der Waals surface area contributed by atoms with Crippen LogP contribution in [0.3, 0.4) is 0 Å². The molecule has 0 amide bonds. The molecule has 0 aliphatic rings. The Balaban J connectivity index is 0.000000383. The van der Waals surface area contributed by atoms with Crippen molar-refractivity contribution in [3.8, 4) is 5.75 Å². The number of methoxy groups -OCH3 is 1. The Morgan fingerprint density at radius 1 is 1.15 bits per heavy atom. The van der Waals surface area contributed by atoms with E-state index in [2.05, 4.69) is 25.3 Å². The second-order valence-electron chi connectivity index (χ2n) is 6.60. The second kappa shape index (κ2) is 8.98. The molecule has 0 unspecified atom stereocenters. The number of benzene rings is 2. The van der Waals surface area contributed by atoms with E-state index >= 15 is 0 Å². The second-order valence-corrected chi connectivity index (χ2v) is 6.60. The minimum atomic E-state index is -5.08. The highest BCUT2D eigenvalue weighted by Gasteiger charge is 2.38. The van der Waals surface area contributed by atoms with Crippen LogP contribution in [-0.2, 0) is 4.79 Å². The van der Waals surface area contributed by atoms with E-state index < -0.39 is 12.1 Å². The number of nitrogens with one attached hydrogen (secondary N) is 2. The molecule has 172 valence electrons. The van der Waals surface area contributed by atoms with E-state index in [0.717, 1.165) is 22.3 Å². The third kappa shape index (κ3) is 5.26. The fourth-order valence-corrected chi connectivity index (χ4v) is 2.79. The summed E-state index contributed by atoms with van der Waals surface area (Å²) in [6.45, 7) is 1.88. The Hall–Kier alpha value is -4.42. The number of hydrogen-bond donors (Lipinski definition) is 4. The molecule has 2 aromatic heterocycles. The number of halogens is 3. The predicted octanol–water partition coefficient (Wildman–Crippen LogP) is 3.14. The molecule has 10 nitrogen and oxygen atoms in total. The molecule has 0 atom stereocenters. The standard InChI is InChI=1S/C18H16N6O2.C2HF3O2/c1-9-12-8-10(26-2)6-7-14(12)21-17(20-9)24-18-22-15-11(16(25)23-18)4-3-5-13(15)19;3-2(4,5)1(6)7/h3-8H,19H2,1-2H3,(H2,20,21,22,23,24,25);(H,6,7). The molecule has 0 aliphatic heterocycles. The number of ether oxygens (including phenoxy) is 1. The number of aromatic amines is 1. The van der Waals surface area contributed by atoms with Crippen molar-refractivity contribution in [2.45, 2.75) is 13.1 Å². The molecule has 0 radical (unpaired) electrons. The first-order valence-electron chi connectivity index (χ1n) is 9.17. The molecule has 2 aromatic carbocycles. The summed E-state index contributed by atoms with van der Waals surface area (Å²) < 4.78 is 37.0. The van der Waals surface area contributed by atoms with Crippen LogP contribution in [0.1, 0.15) is 5.69 Å². The SMILES string of the molecule is COc1ccc2nc(Nc3nc4c(N)cccc4c(=O)[nH]3)nc(C)c2c1.O=C(O)C(F)(F)F. The van der Waals surface area contributed by atoms with Crippen LogP contribution in [0.2, 0.25) is 0 Å². The van der Waals surface area contributed by atoms with E-state index in [1.54, 1.807) is 25.3 Å². The van der Waals surface area contributed by atoms with Gasteiger partial charge in [-0.05, 0) is 37.3 Å². The van der Waals surface area contributed by atoms with Crippen LogP contribution in [-0.4, -0.2) is 44.3 Å². The van der Waals surface area contributed by atoms with E-state index in [0.29, 0.717) is 22.5 Å². The van der Waals surface area contributed by atoms with Crippen molar-refractivity contribution in [3.05, 3.63) is 52.4 Å². The summed E-state index contributed by atoms with van der Waals surface area (Å²) in [6.07, 6.45) is -5.08. The largest absolute Gasteiger partial charge is 0.497 e. The maximum absolute atomic E-state index is 12.2. The fourth-order valence-electron chi connectivity index (χ4n) is 2.79. The van der Waals surface area contributed by atoms with Crippen molar-refractivity contribution in [1.82, 2.24) is 19.9 Å². The Bertz CT molecular complexity index is 1400. The third-order valence-corrected chi connectivity index (χ3v) is 4.33. The average Bonchev–Trinajstić information content (AvgIpc) is 2.74. The quantitative estimate of drug-likeness (QED) is 0.336. The van der Waals surface area contributed by atoms with Gasteiger partial charge < -0.3 is 15.6 Å². The molecule has 0 spiro atoms. The van der Waals surface area contributed by atoms with Gasteiger partial charge in [0, 0.05) is 5.39 Å². The fraction of sp³-hybridized carbons (Fsp3) is 0.150. The smallest absolute Gasteiger partial charge is 0.490 e. The lowest BCUT2D eigenvalue weighted by molar-refractivity contribution is -0.192. The van der Waals surface area contributed by atoms with Crippen molar-refractivity contribution < 1.29 is 27.8 Å². The number of carboxylic acids is 1. The summed E-state index contributed by atoms with van der Waals surface area (Å²) in [4.78, 5) is 37.1. The number of nitrogens with two attached hydrogens (primary N) is 1. The van der Waals surface area contributed by atoms with Crippen molar-refractivity contribution in [1.29, 1.82) is 0 Å². The topological polar surface area (TPSA) is 156 Å². The maximum atomic E-state index is 12.2. The molecule has 13 heteroatoms. The normalized spacial score (nSPS) is 11.1. The maximum Gasteiger partial charge on any atom is 0.490 e. The zero-order valence-electron chi connectivity index (χ0n) is 17.2. The Morgan fingerprint density at radius 2 is 1.85 bits per heavy atom. The molecule has 0 bridgehead atoms. The van der Waals surface area contributed by atoms with Gasteiger partial charge in [0.15, 0.2) is 0 Å². The number of aryl methyl sites for hydroxylation is 1. The lowest BCUT2D eigenvalue weighted by Crippen LogP contribution is -2.21. The van der Waals surface area contributed by atoms with E-state index in [4.69, 9.17) is 20.4 Å². The minimum Gasteiger partial charge on any atom is -0.497 e. The van der Waals surface area contributed by atoms with Crippen LogP contribution in [0.5, 0.6) is 5.75 Å². The van der Waals surface area contributed by atoms with Crippen LogP contribution in [0, 0.1) is 6.92 Å². The highest BCUT2D eigenvalue weighted by molar-refractivity contribution is 5.89. The molecule has 0 saturated carbocycles. The Labute approximate surface area is 183 Å². The van der Waals surface area contributed by atoms with Crippen molar-refractivity contribution in [3.63, 3.8) is 0 Å². The molecule has 0 fully saturated rings. The highest BCUT2D eigenvalue weighted by atomic mass is 19.4. The summed E-state index contributed by atoms with van der Waals surface area (Å²) in [7, 11) is 1.61. The van der Waals surface area contributed by atoms with Gasteiger partial charge >= 0.3 is 12.1 Å². The van der Waals surface area contributed by atoms with Crippen molar-refractivity contribution in [2.24, 2.45) is 0 Å². The molecule has 5 N–H and O–H groups in total. The van der Waals surface area contributed by atoms with Gasteiger partial charge in [-0.3, -0.25) is 15.1 Å². The van der Waals surface area contributed by atoms with Gasteiger partial charge in [-0.1, -0.05) is 6.07 Å². The van der Waals surface area contributed by atoms with E-state index in [1.807, 2.05) is 25.1 Å². The van der Waals surface area contributed by atoms with Gasteiger partial charge in [-0.25, -0.2) is 19.7 Å². The first kappa shape index (κ1) is 23.2. The molecule has 0 saturated heterocycles. The Morgan fingerprint density at radius 3 is 2.48 bits per heavy atom. The predicted molar refractivity (Wildman–Crippen MR) is 115 cm³/mol. The van der Waals surface area contributed by atoms with Gasteiger partial charge in [0.25, 0.3) is 5.56 Å². The van der Waals surface area contributed by atoms with Crippen LogP contribution < -0.4 is 21.3 Å². The summed E-state index contributed by atoms with van der Waals surface area (Å²) >= 11 is 0. The molecular formula is C20H17F3N6O4. The number of nitrogen functional groups attached to an aromatic ring is 1. The summed E-state index contributed by atoms with van der Waals surface area (Å²) in [5, 5.41) is 11.4. The van der Waals surface area contributed by atoms with Crippen LogP contribution >= 0.6 is 0 Å². The molecule has 2 heterocycles. The number of para-hydroxylation sites is 1. The Kier molecular flexibility index (Phi) is 6.33. The average molecular weight is 462 g/mol. The number of fused-ring (bicyclic) bond motifs is 2. The number of nitrogens with zero attached hydrogens (tertiary/aromatic N) is 3. The van der Waals surface area contributed by atoms with E-state index in [-0.39, 0.29) is 11.5 Å². The lowest BCUT2D eigenvalue weighted by Gasteiger charge is -2.09. The van der Waals surface area contributed by atoms with Crippen LogP contribution in [0.25, 0.3) is 21.8 Å². The number of rotatable bonds is 3. The van der Waals surface area contributed by atoms with Gasteiger partial charge in [0.1, 0.15) is 11.3 Å². The zero-order valence-corrected chi connectivity index (χ0v) is 17.2. The summed E-state index contributed by atoms with van der Waals surface area (Å²) in [5.41, 5.74) is 8.03. The van der Waals surface area contributed by atoms with Gasteiger partial charge in [0.2, 0.25) is 11.9 Å². The lowest BCUT2D eigenvalue weighted by atomic mass is 10.2. The number of carboxylic acid groups (broad SMARTS) is 1. The zero-order chi connectivity index (χ0) is 24.3. The van der Waals surface area contributed by atoms with Crippen LogP contribution in [0.15, 0.2) is 41.2 Å². The summed E-state index contributed by atoms with van der Waals surface area (Å²) in [6, 6.07) is 10.6. The van der Waals surface area contributed by atoms with E-state index in [9.17, 15) is 18.0 Å².